The van der Waals surface area contributed by atoms with E-state index < -0.39 is 0 Å². The molecule has 53 valence electrons. The molecule has 0 aliphatic rings. The third-order valence-corrected chi connectivity index (χ3v) is 1.04. The molecule has 0 fully saturated rings. The van der Waals surface area contributed by atoms with Gasteiger partial charge >= 0.3 is 6.03 Å². The highest BCUT2D eigenvalue weighted by atomic mass is 16.2. The Bertz CT molecular complexity index is 215. The number of carbonyl (C=O) groups excluding carboxylic acids is 1. The maximum atomic E-state index is 11.0. The first-order chi connectivity index (χ1) is 4.72. The lowest BCUT2D eigenvalue weighted by atomic mass is 10.8. The van der Waals surface area contributed by atoms with Crippen molar-refractivity contribution in [2.24, 2.45) is 0 Å². The molecule has 1 heterocycles. The van der Waals surface area contributed by atoms with Gasteiger partial charge in [0.05, 0.1) is 0 Å². The molecule has 10 heavy (non-hydrogen) atoms. The van der Waals surface area contributed by atoms with Crippen molar-refractivity contribution in [2.75, 3.05) is 14.1 Å². The summed E-state index contributed by atoms with van der Waals surface area (Å²) in [6.45, 7) is 0. The smallest absolute Gasteiger partial charge is 0.329 e. The second-order valence-corrected chi connectivity index (χ2v) is 2.07. The summed E-state index contributed by atoms with van der Waals surface area (Å²) in [7, 11) is 3.35. The van der Waals surface area contributed by atoms with Gasteiger partial charge in [-0.25, -0.2) is 14.3 Å². The number of rotatable bonds is 0. The maximum Gasteiger partial charge on any atom is 0.329 e. The molecule has 0 saturated heterocycles. The van der Waals surface area contributed by atoms with Crippen molar-refractivity contribution in [3.8, 4) is 0 Å². The largest absolute Gasteiger partial charge is 0.330 e. The van der Waals surface area contributed by atoms with Gasteiger partial charge in [0.25, 0.3) is 0 Å². The summed E-state index contributed by atoms with van der Waals surface area (Å²) in [4.78, 5) is 16.1. The minimum Gasteiger partial charge on any atom is -0.330 e. The van der Waals surface area contributed by atoms with E-state index in [-0.39, 0.29) is 6.03 Å². The molecule has 0 saturated carbocycles. The lowest BCUT2D eigenvalue weighted by molar-refractivity contribution is 0.219. The van der Waals surface area contributed by atoms with E-state index >= 15 is 0 Å². The van der Waals surface area contributed by atoms with Crippen LogP contribution in [0.2, 0.25) is 0 Å². The number of nitrogens with zero attached hydrogens (tertiary/aromatic N) is 3. The standard InChI is InChI=1S/C6H8N3O/c1-8(2)6(10)9-4-3-7-5-9/h3-4H,1-2H3. The summed E-state index contributed by atoms with van der Waals surface area (Å²) in [5, 5.41) is 0. The number of imidazole rings is 1. The minimum absolute atomic E-state index is 0.141. The van der Waals surface area contributed by atoms with Gasteiger partial charge in [-0.1, -0.05) is 0 Å². The van der Waals surface area contributed by atoms with Gasteiger partial charge in [-0.05, 0) is 0 Å². The highest BCUT2D eigenvalue weighted by Gasteiger charge is 2.04. The summed E-state index contributed by atoms with van der Waals surface area (Å²) in [5.41, 5.74) is 0. The van der Waals surface area contributed by atoms with E-state index in [1.54, 1.807) is 20.3 Å². The Kier molecular flexibility index (Phi) is 1.71. The molecule has 1 aromatic rings. The van der Waals surface area contributed by atoms with Crippen LogP contribution in [0.1, 0.15) is 0 Å². The molecule has 0 atom stereocenters. The van der Waals surface area contributed by atoms with Gasteiger partial charge in [-0.3, -0.25) is 0 Å². The van der Waals surface area contributed by atoms with E-state index in [1.807, 2.05) is 0 Å². The summed E-state index contributed by atoms with van der Waals surface area (Å²) < 4.78 is 1.29. The van der Waals surface area contributed by atoms with Crippen LogP contribution in [-0.2, 0) is 0 Å². The Hall–Kier alpha value is -1.32. The van der Waals surface area contributed by atoms with Crippen LogP contribution in [0.5, 0.6) is 0 Å². The molecular weight excluding hydrogens is 130 g/mol. The van der Waals surface area contributed by atoms with Crippen LogP contribution in [0.15, 0.2) is 12.4 Å². The molecule has 4 nitrogen and oxygen atoms in total. The summed E-state index contributed by atoms with van der Waals surface area (Å²) >= 11 is 0. The zero-order valence-electron chi connectivity index (χ0n) is 5.90. The lowest BCUT2D eigenvalue weighted by Gasteiger charge is -2.08. The molecule has 0 spiro atoms. The van der Waals surface area contributed by atoms with Gasteiger partial charge in [0.1, 0.15) is 0 Å². The third kappa shape index (κ3) is 1.15. The van der Waals surface area contributed by atoms with E-state index in [2.05, 4.69) is 11.3 Å². The second kappa shape index (κ2) is 2.51. The number of hydrogen-bond acceptors (Lipinski definition) is 2. The molecule has 0 aliphatic carbocycles. The van der Waals surface area contributed by atoms with E-state index in [0.29, 0.717) is 0 Å². The van der Waals surface area contributed by atoms with Crippen molar-refractivity contribution < 1.29 is 4.79 Å². The number of aromatic nitrogens is 2. The molecule has 1 amide bonds. The van der Waals surface area contributed by atoms with Crippen LogP contribution in [0.4, 0.5) is 4.79 Å². The van der Waals surface area contributed by atoms with Gasteiger partial charge < -0.3 is 4.90 Å². The first kappa shape index (κ1) is 6.80. The van der Waals surface area contributed by atoms with Gasteiger partial charge in [-0.15, -0.1) is 0 Å². The first-order valence-corrected chi connectivity index (χ1v) is 2.84. The van der Waals surface area contributed by atoms with E-state index in [1.165, 1.54) is 15.7 Å². The third-order valence-electron chi connectivity index (χ3n) is 1.04. The Morgan fingerprint density at radius 2 is 2.40 bits per heavy atom. The quantitative estimate of drug-likeness (QED) is 0.514. The van der Waals surface area contributed by atoms with Gasteiger partial charge in [0, 0.05) is 26.5 Å². The van der Waals surface area contributed by atoms with Crippen molar-refractivity contribution in [3.05, 3.63) is 18.7 Å². The summed E-state index contributed by atoms with van der Waals surface area (Å²) in [6, 6.07) is -0.141. The fraction of sp³-hybridized carbons (Fsp3) is 0.333. The molecule has 0 unspecified atom stereocenters. The number of hydrogen-bond donors (Lipinski definition) is 0. The molecule has 1 rings (SSSR count). The average molecular weight is 138 g/mol. The average Bonchev–Trinajstić information content (AvgIpc) is 2.36. The Morgan fingerprint density at radius 3 is 2.80 bits per heavy atom. The van der Waals surface area contributed by atoms with Gasteiger partial charge in [-0.2, -0.15) is 0 Å². The molecule has 0 N–H and O–H groups in total. The minimum atomic E-state index is -0.141. The summed E-state index contributed by atoms with van der Waals surface area (Å²) in [6.07, 6.45) is 5.57. The van der Waals surface area contributed by atoms with Crippen molar-refractivity contribution in [3.63, 3.8) is 0 Å². The summed E-state index contributed by atoms with van der Waals surface area (Å²) in [5.74, 6) is 0. The second-order valence-electron chi connectivity index (χ2n) is 2.07. The fourth-order valence-corrected chi connectivity index (χ4v) is 0.551. The molecule has 0 aromatic carbocycles. The molecule has 0 aliphatic heterocycles. The topological polar surface area (TPSA) is 38.1 Å². The van der Waals surface area contributed by atoms with Crippen LogP contribution >= 0.6 is 0 Å². The zero-order valence-corrected chi connectivity index (χ0v) is 5.90. The molecule has 1 radical (unpaired) electrons. The Balaban J connectivity index is 2.78. The number of carbonyl (C=O) groups is 1. The van der Waals surface area contributed by atoms with Crippen molar-refractivity contribution in [1.82, 2.24) is 14.5 Å². The van der Waals surface area contributed by atoms with Crippen LogP contribution in [-0.4, -0.2) is 34.6 Å². The Morgan fingerprint density at radius 1 is 1.70 bits per heavy atom. The monoisotopic (exact) mass is 138 g/mol. The molecular formula is C6H8N3O. The van der Waals surface area contributed by atoms with E-state index in [0.717, 1.165) is 0 Å². The van der Waals surface area contributed by atoms with Crippen LogP contribution < -0.4 is 0 Å². The van der Waals surface area contributed by atoms with Crippen LogP contribution in [0.3, 0.4) is 0 Å². The van der Waals surface area contributed by atoms with Gasteiger partial charge in [0.15, 0.2) is 6.33 Å². The normalized spacial score (nSPS) is 9.40. The lowest BCUT2D eigenvalue weighted by Crippen LogP contribution is -2.26. The SMILES string of the molecule is CN(C)C(=O)n1[c]ncc1. The highest BCUT2D eigenvalue weighted by molar-refractivity contribution is 5.75. The highest BCUT2D eigenvalue weighted by Crippen LogP contribution is 1.88. The fourth-order valence-electron chi connectivity index (χ4n) is 0.551. The van der Waals surface area contributed by atoms with Crippen molar-refractivity contribution in [1.29, 1.82) is 0 Å². The Labute approximate surface area is 59.1 Å². The van der Waals surface area contributed by atoms with Crippen molar-refractivity contribution >= 4 is 6.03 Å². The molecule has 1 aromatic heterocycles. The van der Waals surface area contributed by atoms with E-state index in [9.17, 15) is 4.79 Å². The first-order valence-electron chi connectivity index (χ1n) is 2.84. The zero-order chi connectivity index (χ0) is 7.56. The number of amides is 1. The van der Waals surface area contributed by atoms with Crippen LogP contribution in [0.25, 0.3) is 0 Å². The van der Waals surface area contributed by atoms with Gasteiger partial charge in [0.2, 0.25) is 0 Å². The van der Waals surface area contributed by atoms with Crippen molar-refractivity contribution in [2.45, 2.75) is 0 Å². The predicted molar refractivity (Wildman–Crippen MR) is 35.5 cm³/mol. The maximum absolute atomic E-state index is 11.0. The molecule has 4 heteroatoms. The molecule has 0 bridgehead atoms. The predicted octanol–water partition coefficient (Wildman–Crippen LogP) is 0.213. The van der Waals surface area contributed by atoms with E-state index in [4.69, 9.17) is 0 Å². The van der Waals surface area contributed by atoms with Crippen LogP contribution in [0, 0.1) is 6.33 Å².